The van der Waals surface area contributed by atoms with E-state index in [-0.39, 0.29) is 28.7 Å². The van der Waals surface area contributed by atoms with Gasteiger partial charge in [-0.2, -0.15) is 13.2 Å². The Balaban J connectivity index is 1.68. The minimum atomic E-state index is -4.44. The van der Waals surface area contributed by atoms with Gasteiger partial charge in [-0.3, -0.25) is 4.90 Å². The van der Waals surface area contributed by atoms with Crippen molar-refractivity contribution in [2.24, 2.45) is 0 Å². The molecule has 134 valence electrons. The molecule has 0 amide bonds. The third-order valence-corrected chi connectivity index (χ3v) is 5.63. The van der Waals surface area contributed by atoms with Crippen molar-refractivity contribution in [1.29, 1.82) is 0 Å². The number of alkyl halides is 3. The van der Waals surface area contributed by atoms with Crippen LogP contribution in [0.5, 0.6) is 0 Å². The molecule has 1 unspecified atom stereocenters. The van der Waals surface area contributed by atoms with Crippen LogP contribution in [0, 0.1) is 0 Å². The third kappa shape index (κ3) is 3.57. The van der Waals surface area contributed by atoms with E-state index in [0.717, 1.165) is 39.0 Å². The highest BCUT2D eigenvalue weighted by Crippen LogP contribution is 2.39. The molecule has 0 aliphatic carbocycles. The fourth-order valence-electron chi connectivity index (χ4n) is 3.97. The van der Waals surface area contributed by atoms with E-state index in [2.05, 4.69) is 17.3 Å². The second-order valence-electron chi connectivity index (χ2n) is 6.77. The first-order chi connectivity index (χ1) is 11.3. The van der Waals surface area contributed by atoms with Crippen LogP contribution in [0.2, 0.25) is 5.02 Å². The molecular weight excluding hydrogens is 341 g/mol. The van der Waals surface area contributed by atoms with Crippen LogP contribution < -0.4 is 5.32 Å². The minimum Gasteiger partial charge on any atom is -0.381 e. The molecule has 7 heteroatoms. The number of nitrogens with zero attached hydrogens (tertiary/aromatic N) is 1. The molecule has 24 heavy (non-hydrogen) atoms. The maximum absolute atomic E-state index is 13.2. The highest BCUT2D eigenvalue weighted by Gasteiger charge is 2.44. The number of hydrogen-bond donors (Lipinski definition) is 1. The van der Waals surface area contributed by atoms with Crippen LogP contribution in [0.15, 0.2) is 18.2 Å². The van der Waals surface area contributed by atoms with Gasteiger partial charge in [-0.1, -0.05) is 23.7 Å². The van der Waals surface area contributed by atoms with Crippen LogP contribution in [0.4, 0.5) is 13.2 Å². The Kier molecular flexibility index (Phi) is 5.12. The molecule has 1 atom stereocenters. The lowest BCUT2D eigenvalue weighted by Gasteiger charge is -2.39. The number of halogens is 4. The Morgan fingerprint density at radius 2 is 2.04 bits per heavy atom. The SMILES string of the molecule is CN1CC(NCc2cccc(Cl)c2C(F)(F)F)CC12CCOCC2. The number of hydrogen-bond acceptors (Lipinski definition) is 3. The summed E-state index contributed by atoms with van der Waals surface area (Å²) in [4.78, 5) is 2.33. The highest BCUT2D eigenvalue weighted by molar-refractivity contribution is 6.31. The Labute approximate surface area is 145 Å². The van der Waals surface area contributed by atoms with Crippen molar-refractivity contribution < 1.29 is 17.9 Å². The second kappa shape index (κ2) is 6.83. The Morgan fingerprint density at radius 3 is 2.71 bits per heavy atom. The van der Waals surface area contributed by atoms with Gasteiger partial charge in [0, 0.05) is 37.9 Å². The van der Waals surface area contributed by atoms with Gasteiger partial charge in [0.05, 0.1) is 10.6 Å². The maximum atomic E-state index is 13.2. The zero-order valence-corrected chi connectivity index (χ0v) is 14.4. The lowest BCUT2D eigenvalue weighted by molar-refractivity contribution is -0.138. The molecule has 2 aliphatic heterocycles. The van der Waals surface area contributed by atoms with E-state index in [9.17, 15) is 13.2 Å². The van der Waals surface area contributed by atoms with E-state index < -0.39 is 11.7 Å². The summed E-state index contributed by atoms with van der Waals surface area (Å²) in [5, 5.41) is 3.05. The highest BCUT2D eigenvalue weighted by atomic mass is 35.5. The summed E-state index contributed by atoms with van der Waals surface area (Å²) in [6, 6.07) is 4.52. The Morgan fingerprint density at radius 1 is 1.33 bits per heavy atom. The van der Waals surface area contributed by atoms with E-state index in [1.807, 2.05) is 0 Å². The van der Waals surface area contributed by atoms with Gasteiger partial charge in [-0.05, 0) is 37.9 Å². The summed E-state index contributed by atoms with van der Waals surface area (Å²) in [6.45, 7) is 2.51. The summed E-state index contributed by atoms with van der Waals surface area (Å²) < 4.78 is 45.1. The molecule has 0 radical (unpaired) electrons. The first-order valence-electron chi connectivity index (χ1n) is 8.19. The van der Waals surface area contributed by atoms with Crippen LogP contribution in [0.3, 0.4) is 0 Å². The van der Waals surface area contributed by atoms with Crippen molar-refractivity contribution in [1.82, 2.24) is 10.2 Å². The summed E-state index contributed by atoms with van der Waals surface area (Å²) >= 11 is 5.78. The number of likely N-dealkylation sites (N-methyl/N-ethyl adjacent to an activating group) is 1. The van der Waals surface area contributed by atoms with E-state index in [4.69, 9.17) is 16.3 Å². The van der Waals surface area contributed by atoms with Crippen LogP contribution in [-0.4, -0.2) is 43.3 Å². The van der Waals surface area contributed by atoms with Gasteiger partial charge in [-0.15, -0.1) is 0 Å². The smallest absolute Gasteiger partial charge is 0.381 e. The molecule has 2 heterocycles. The molecule has 0 bridgehead atoms. The first kappa shape index (κ1) is 18.0. The number of benzene rings is 1. The number of ether oxygens (including phenoxy) is 1. The second-order valence-corrected chi connectivity index (χ2v) is 7.18. The zero-order valence-electron chi connectivity index (χ0n) is 13.6. The van der Waals surface area contributed by atoms with E-state index in [1.54, 1.807) is 6.07 Å². The average molecular weight is 363 g/mol. The molecule has 1 aromatic carbocycles. The molecule has 2 aliphatic rings. The monoisotopic (exact) mass is 362 g/mol. The van der Waals surface area contributed by atoms with Gasteiger partial charge in [0.2, 0.25) is 0 Å². The summed E-state index contributed by atoms with van der Waals surface area (Å²) in [6.07, 6.45) is -1.54. The van der Waals surface area contributed by atoms with Gasteiger partial charge in [0.15, 0.2) is 0 Å². The minimum absolute atomic E-state index is 0.122. The standard InChI is InChI=1S/C17H22ClF3N2O/c1-23-11-13(9-16(23)5-7-24-8-6-16)22-10-12-3-2-4-14(18)15(12)17(19,20)21/h2-4,13,22H,5-11H2,1H3. The van der Waals surface area contributed by atoms with Crippen LogP contribution in [0.1, 0.15) is 30.4 Å². The fourth-order valence-corrected chi connectivity index (χ4v) is 4.27. The van der Waals surface area contributed by atoms with Crippen molar-refractivity contribution in [3.63, 3.8) is 0 Å². The van der Waals surface area contributed by atoms with Crippen LogP contribution in [0.25, 0.3) is 0 Å². The third-order valence-electron chi connectivity index (χ3n) is 5.32. The molecule has 2 fully saturated rings. The van der Waals surface area contributed by atoms with Gasteiger partial charge in [0.1, 0.15) is 0 Å². The fraction of sp³-hybridized carbons (Fsp3) is 0.647. The van der Waals surface area contributed by atoms with Crippen molar-refractivity contribution in [2.45, 2.75) is 43.6 Å². The Bertz CT molecular complexity index is 588. The maximum Gasteiger partial charge on any atom is 0.418 e. The molecular formula is C17H22ClF3N2O. The van der Waals surface area contributed by atoms with Crippen molar-refractivity contribution in [3.8, 4) is 0 Å². The van der Waals surface area contributed by atoms with Crippen LogP contribution in [-0.2, 0) is 17.5 Å². The Hall–Kier alpha value is -0.820. The van der Waals surface area contributed by atoms with Gasteiger partial charge in [0.25, 0.3) is 0 Å². The van der Waals surface area contributed by atoms with Crippen molar-refractivity contribution in [2.75, 3.05) is 26.8 Å². The van der Waals surface area contributed by atoms with Gasteiger partial charge in [-0.25, -0.2) is 0 Å². The van der Waals surface area contributed by atoms with Gasteiger partial charge >= 0.3 is 6.18 Å². The predicted molar refractivity (Wildman–Crippen MR) is 87.1 cm³/mol. The number of likely N-dealkylation sites (tertiary alicyclic amines) is 1. The van der Waals surface area contributed by atoms with Crippen LogP contribution >= 0.6 is 11.6 Å². The quantitative estimate of drug-likeness (QED) is 0.887. The summed E-state index contributed by atoms with van der Waals surface area (Å²) in [7, 11) is 2.09. The van der Waals surface area contributed by atoms with Crippen molar-refractivity contribution >= 4 is 11.6 Å². The number of rotatable bonds is 3. The van der Waals surface area contributed by atoms with E-state index in [0.29, 0.717) is 0 Å². The van der Waals surface area contributed by atoms with Crippen molar-refractivity contribution in [3.05, 3.63) is 34.3 Å². The van der Waals surface area contributed by atoms with E-state index in [1.165, 1.54) is 12.1 Å². The first-order valence-corrected chi connectivity index (χ1v) is 8.57. The molecule has 2 saturated heterocycles. The summed E-state index contributed by atoms with van der Waals surface area (Å²) in [5.41, 5.74) is -0.409. The summed E-state index contributed by atoms with van der Waals surface area (Å²) in [5.74, 6) is 0. The lowest BCUT2D eigenvalue weighted by Crippen LogP contribution is -2.45. The average Bonchev–Trinajstić information content (AvgIpc) is 2.80. The predicted octanol–water partition coefficient (Wildman–Crippen LogP) is 3.70. The molecule has 3 rings (SSSR count). The lowest BCUT2D eigenvalue weighted by atomic mass is 9.86. The molecule has 1 aromatic rings. The number of nitrogens with one attached hydrogen (secondary N) is 1. The molecule has 3 nitrogen and oxygen atoms in total. The van der Waals surface area contributed by atoms with E-state index >= 15 is 0 Å². The molecule has 0 saturated carbocycles. The normalized spacial score (nSPS) is 24.6. The zero-order chi connectivity index (χ0) is 17.4. The van der Waals surface area contributed by atoms with Gasteiger partial charge < -0.3 is 10.1 Å². The molecule has 1 spiro atoms. The topological polar surface area (TPSA) is 24.5 Å². The molecule has 0 aromatic heterocycles. The molecule has 1 N–H and O–H groups in total. The largest absolute Gasteiger partial charge is 0.418 e.